The van der Waals surface area contributed by atoms with Crippen LogP contribution in [-0.4, -0.2) is 9.55 Å². The highest BCUT2D eigenvalue weighted by molar-refractivity contribution is 7.98. The number of hydrogen-bond donors (Lipinski definition) is 0. The minimum Gasteiger partial charge on any atom is -0.287 e. The SMILES string of the molecule is c1ccc(CSc2nc3ccccc3n2-c2ccccc2)cc1. The highest BCUT2D eigenvalue weighted by Crippen LogP contribution is 2.29. The van der Waals surface area contributed by atoms with E-state index in [9.17, 15) is 0 Å². The summed E-state index contributed by atoms with van der Waals surface area (Å²) in [7, 11) is 0. The summed E-state index contributed by atoms with van der Waals surface area (Å²) in [5.74, 6) is 0.914. The van der Waals surface area contributed by atoms with E-state index in [0.29, 0.717) is 0 Å². The van der Waals surface area contributed by atoms with Crippen molar-refractivity contribution in [3.05, 3.63) is 90.5 Å². The van der Waals surface area contributed by atoms with Crippen molar-refractivity contribution >= 4 is 22.8 Å². The van der Waals surface area contributed by atoms with E-state index in [4.69, 9.17) is 4.98 Å². The monoisotopic (exact) mass is 316 g/mol. The zero-order chi connectivity index (χ0) is 15.5. The van der Waals surface area contributed by atoms with Gasteiger partial charge in [-0.3, -0.25) is 4.57 Å². The average molecular weight is 316 g/mol. The summed E-state index contributed by atoms with van der Waals surface area (Å²) in [6, 6.07) is 29.2. The third-order valence-corrected chi connectivity index (χ3v) is 4.76. The number of imidazole rings is 1. The lowest BCUT2D eigenvalue weighted by Crippen LogP contribution is -1.96. The lowest BCUT2D eigenvalue weighted by Gasteiger charge is -2.08. The Morgan fingerprint density at radius 2 is 1.39 bits per heavy atom. The minimum atomic E-state index is 0.914. The fourth-order valence-electron chi connectivity index (χ4n) is 2.65. The molecule has 0 unspecified atom stereocenters. The summed E-state index contributed by atoms with van der Waals surface area (Å²) in [6.45, 7) is 0. The Balaban J connectivity index is 1.76. The number of nitrogens with zero attached hydrogens (tertiary/aromatic N) is 2. The molecule has 3 aromatic carbocycles. The van der Waals surface area contributed by atoms with Gasteiger partial charge in [-0.2, -0.15) is 0 Å². The molecule has 4 rings (SSSR count). The molecule has 0 aliphatic heterocycles. The van der Waals surface area contributed by atoms with Crippen LogP contribution in [0.3, 0.4) is 0 Å². The van der Waals surface area contributed by atoms with E-state index >= 15 is 0 Å². The number of fused-ring (bicyclic) bond motifs is 1. The van der Waals surface area contributed by atoms with Crippen molar-refractivity contribution < 1.29 is 0 Å². The fraction of sp³-hybridized carbons (Fsp3) is 0.0500. The second-order valence-electron chi connectivity index (χ2n) is 5.33. The van der Waals surface area contributed by atoms with Gasteiger partial charge in [0.2, 0.25) is 0 Å². The number of rotatable bonds is 4. The van der Waals surface area contributed by atoms with E-state index in [1.165, 1.54) is 5.56 Å². The molecule has 1 aromatic heterocycles. The van der Waals surface area contributed by atoms with Gasteiger partial charge in [-0.15, -0.1) is 0 Å². The smallest absolute Gasteiger partial charge is 0.174 e. The van der Waals surface area contributed by atoms with E-state index in [1.807, 2.05) is 18.2 Å². The van der Waals surface area contributed by atoms with Crippen LogP contribution in [0.15, 0.2) is 90.1 Å². The van der Waals surface area contributed by atoms with Gasteiger partial charge in [0.1, 0.15) is 0 Å². The molecule has 0 N–H and O–H groups in total. The Labute approximate surface area is 139 Å². The zero-order valence-electron chi connectivity index (χ0n) is 12.6. The van der Waals surface area contributed by atoms with E-state index in [-0.39, 0.29) is 0 Å². The molecule has 0 aliphatic rings. The lowest BCUT2D eigenvalue weighted by molar-refractivity contribution is 0.919. The van der Waals surface area contributed by atoms with Crippen LogP contribution in [0.1, 0.15) is 5.56 Å². The standard InChI is InChI=1S/C20H16N2S/c1-3-9-16(10-4-1)15-23-20-21-18-13-7-8-14-19(18)22(20)17-11-5-2-6-12-17/h1-14H,15H2. The number of hydrogen-bond acceptors (Lipinski definition) is 2. The summed E-state index contributed by atoms with van der Waals surface area (Å²) in [6.07, 6.45) is 0. The van der Waals surface area contributed by atoms with Gasteiger partial charge in [-0.05, 0) is 29.8 Å². The second-order valence-corrected chi connectivity index (χ2v) is 6.27. The van der Waals surface area contributed by atoms with Gasteiger partial charge < -0.3 is 0 Å². The Kier molecular flexibility index (Phi) is 3.86. The molecule has 0 radical (unpaired) electrons. The highest BCUT2D eigenvalue weighted by atomic mass is 32.2. The zero-order valence-corrected chi connectivity index (χ0v) is 13.4. The number of para-hydroxylation sites is 3. The first-order chi connectivity index (χ1) is 11.4. The molecule has 4 aromatic rings. The van der Waals surface area contributed by atoms with Gasteiger partial charge in [0, 0.05) is 11.4 Å². The molecular weight excluding hydrogens is 300 g/mol. The van der Waals surface area contributed by atoms with Gasteiger partial charge in [0.05, 0.1) is 11.0 Å². The Morgan fingerprint density at radius 1 is 0.739 bits per heavy atom. The molecule has 0 fully saturated rings. The lowest BCUT2D eigenvalue weighted by atomic mass is 10.2. The first-order valence-electron chi connectivity index (χ1n) is 7.61. The molecule has 0 spiro atoms. The number of benzene rings is 3. The maximum atomic E-state index is 4.83. The van der Waals surface area contributed by atoms with Gasteiger partial charge in [0.25, 0.3) is 0 Å². The summed E-state index contributed by atoms with van der Waals surface area (Å²) in [5.41, 5.74) is 4.64. The van der Waals surface area contributed by atoms with Gasteiger partial charge in [-0.1, -0.05) is 72.4 Å². The largest absolute Gasteiger partial charge is 0.287 e. The van der Waals surface area contributed by atoms with Crippen molar-refractivity contribution in [2.75, 3.05) is 0 Å². The van der Waals surface area contributed by atoms with Crippen LogP contribution in [0.4, 0.5) is 0 Å². The van der Waals surface area contributed by atoms with Crippen molar-refractivity contribution in [2.45, 2.75) is 10.9 Å². The topological polar surface area (TPSA) is 17.8 Å². The molecule has 0 saturated heterocycles. The Morgan fingerprint density at radius 3 is 2.17 bits per heavy atom. The van der Waals surface area contributed by atoms with E-state index < -0.39 is 0 Å². The summed E-state index contributed by atoms with van der Waals surface area (Å²) >= 11 is 1.77. The number of aromatic nitrogens is 2. The molecule has 0 bridgehead atoms. The van der Waals surface area contributed by atoms with Crippen LogP contribution >= 0.6 is 11.8 Å². The molecule has 3 heteroatoms. The van der Waals surface area contributed by atoms with E-state index in [2.05, 4.69) is 71.3 Å². The van der Waals surface area contributed by atoms with Crippen molar-refractivity contribution in [3.63, 3.8) is 0 Å². The quantitative estimate of drug-likeness (QED) is 0.474. The first-order valence-corrected chi connectivity index (χ1v) is 8.60. The first kappa shape index (κ1) is 14.1. The summed E-state index contributed by atoms with van der Waals surface area (Å²) in [4.78, 5) is 4.83. The van der Waals surface area contributed by atoms with Crippen LogP contribution in [0, 0.1) is 0 Å². The minimum absolute atomic E-state index is 0.914. The van der Waals surface area contributed by atoms with Gasteiger partial charge >= 0.3 is 0 Å². The van der Waals surface area contributed by atoms with Crippen molar-refractivity contribution in [1.82, 2.24) is 9.55 Å². The van der Waals surface area contributed by atoms with Crippen LogP contribution in [0.5, 0.6) is 0 Å². The third kappa shape index (κ3) is 2.88. The predicted molar refractivity (Wildman–Crippen MR) is 97.1 cm³/mol. The molecule has 0 atom stereocenters. The summed E-state index contributed by atoms with van der Waals surface area (Å²) < 4.78 is 2.24. The molecule has 1 heterocycles. The molecule has 112 valence electrons. The fourth-order valence-corrected chi connectivity index (χ4v) is 3.63. The van der Waals surface area contributed by atoms with Gasteiger partial charge in [0.15, 0.2) is 5.16 Å². The maximum Gasteiger partial charge on any atom is 0.174 e. The van der Waals surface area contributed by atoms with Crippen molar-refractivity contribution in [1.29, 1.82) is 0 Å². The molecule has 23 heavy (non-hydrogen) atoms. The maximum absolute atomic E-state index is 4.83. The predicted octanol–water partition coefficient (Wildman–Crippen LogP) is 5.32. The molecule has 0 amide bonds. The van der Waals surface area contributed by atoms with Crippen molar-refractivity contribution in [2.24, 2.45) is 0 Å². The van der Waals surface area contributed by atoms with Crippen molar-refractivity contribution in [3.8, 4) is 5.69 Å². The molecule has 2 nitrogen and oxygen atoms in total. The van der Waals surface area contributed by atoms with Crippen LogP contribution in [0.25, 0.3) is 16.7 Å². The molecular formula is C20H16N2S. The number of thioether (sulfide) groups is 1. The molecule has 0 aliphatic carbocycles. The normalized spacial score (nSPS) is 11.0. The molecule has 0 saturated carbocycles. The Hall–Kier alpha value is -2.52. The Bertz CT molecular complexity index is 914. The second kappa shape index (κ2) is 6.31. The van der Waals surface area contributed by atoms with E-state index in [0.717, 1.165) is 27.6 Å². The van der Waals surface area contributed by atoms with Gasteiger partial charge in [-0.25, -0.2) is 4.98 Å². The third-order valence-electron chi connectivity index (χ3n) is 3.76. The van der Waals surface area contributed by atoms with Crippen LogP contribution in [0.2, 0.25) is 0 Å². The summed E-state index contributed by atoms with van der Waals surface area (Å²) in [5, 5.41) is 1.03. The van der Waals surface area contributed by atoms with Crippen LogP contribution in [-0.2, 0) is 5.75 Å². The average Bonchev–Trinajstić information content (AvgIpc) is 3.00. The highest BCUT2D eigenvalue weighted by Gasteiger charge is 2.12. The van der Waals surface area contributed by atoms with Crippen LogP contribution < -0.4 is 0 Å². The van der Waals surface area contributed by atoms with E-state index in [1.54, 1.807) is 11.8 Å².